The van der Waals surface area contributed by atoms with Gasteiger partial charge < -0.3 is 20.9 Å². The fourth-order valence-corrected chi connectivity index (χ4v) is 2.05. The van der Waals surface area contributed by atoms with E-state index in [0.717, 1.165) is 25.1 Å². The van der Waals surface area contributed by atoms with Crippen LogP contribution in [0.2, 0.25) is 0 Å². The van der Waals surface area contributed by atoms with E-state index in [0.29, 0.717) is 13.2 Å². The van der Waals surface area contributed by atoms with Crippen molar-refractivity contribution in [2.75, 3.05) is 25.1 Å². The lowest BCUT2D eigenvalue weighted by Crippen LogP contribution is -2.51. The zero-order valence-corrected chi connectivity index (χ0v) is 9.28. The number of hydrogen-bond acceptors (Lipinski definition) is 4. The fourth-order valence-electron chi connectivity index (χ4n) is 2.05. The molecule has 4 nitrogen and oxygen atoms in total. The van der Waals surface area contributed by atoms with E-state index < -0.39 is 0 Å². The predicted molar refractivity (Wildman–Crippen MR) is 63.6 cm³/mol. The molecule has 0 saturated carbocycles. The number of ether oxygens (including phenoxy) is 1. The van der Waals surface area contributed by atoms with Gasteiger partial charge in [0.2, 0.25) is 0 Å². The van der Waals surface area contributed by atoms with E-state index in [4.69, 9.17) is 10.5 Å². The Kier molecular flexibility index (Phi) is 3.31. The van der Waals surface area contributed by atoms with Crippen LogP contribution in [0.1, 0.15) is 12.8 Å². The normalized spacial score (nSPS) is 25.3. The molecule has 1 aliphatic rings. The van der Waals surface area contributed by atoms with Crippen molar-refractivity contribution < 1.29 is 9.84 Å². The smallest absolute Gasteiger partial charge is 0.117 e. The Morgan fingerprint density at radius 3 is 3.00 bits per heavy atom. The Balaban J connectivity index is 2.11. The van der Waals surface area contributed by atoms with Crippen molar-refractivity contribution in [3.8, 4) is 5.75 Å². The van der Waals surface area contributed by atoms with Gasteiger partial charge in [0.25, 0.3) is 0 Å². The summed E-state index contributed by atoms with van der Waals surface area (Å²) in [5.74, 6) is 0.258. The molecule has 88 valence electrons. The highest BCUT2D eigenvalue weighted by molar-refractivity contribution is 5.50. The van der Waals surface area contributed by atoms with Gasteiger partial charge in [0.05, 0.1) is 12.1 Å². The molecular formula is C12H18N2O2. The van der Waals surface area contributed by atoms with Crippen LogP contribution >= 0.6 is 0 Å². The number of nitrogens with one attached hydrogen (secondary N) is 1. The number of aromatic hydroxyl groups is 1. The van der Waals surface area contributed by atoms with Gasteiger partial charge in [0.15, 0.2) is 0 Å². The molecule has 1 atom stereocenters. The summed E-state index contributed by atoms with van der Waals surface area (Å²) < 4.78 is 5.47. The van der Waals surface area contributed by atoms with Crippen LogP contribution in [-0.4, -0.2) is 30.4 Å². The van der Waals surface area contributed by atoms with Gasteiger partial charge in [-0.1, -0.05) is 6.07 Å². The van der Waals surface area contributed by atoms with Gasteiger partial charge in [-0.25, -0.2) is 0 Å². The van der Waals surface area contributed by atoms with Gasteiger partial charge in [0.1, 0.15) is 5.75 Å². The maximum atomic E-state index is 9.40. The minimum absolute atomic E-state index is 0.188. The van der Waals surface area contributed by atoms with Gasteiger partial charge in [-0.05, 0) is 25.0 Å². The minimum Gasteiger partial charge on any atom is -0.508 e. The second kappa shape index (κ2) is 4.72. The third-order valence-corrected chi connectivity index (χ3v) is 2.97. The van der Waals surface area contributed by atoms with E-state index in [1.807, 2.05) is 12.1 Å². The number of phenolic OH excluding ortho intramolecular Hbond substituents is 1. The largest absolute Gasteiger partial charge is 0.508 e. The molecule has 1 saturated heterocycles. The summed E-state index contributed by atoms with van der Waals surface area (Å²) in [5.41, 5.74) is 6.52. The monoisotopic (exact) mass is 222 g/mol. The molecule has 0 radical (unpaired) electrons. The Morgan fingerprint density at radius 2 is 2.38 bits per heavy atom. The molecule has 0 spiro atoms. The third kappa shape index (κ3) is 2.46. The zero-order chi connectivity index (χ0) is 11.4. The summed E-state index contributed by atoms with van der Waals surface area (Å²) >= 11 is 0. The van der Waals surface area contributed by atoms with Crippen LogP contribution in [0, 0.1) is 0 Å². The molecule has 2 rings (SSSR count). The van der Waals surface area contributed by atoms with Crippen molar-refractivity contribution in [1.82, 2.24) is 0 Å². The molecule has 4 N–H and O–H groups in total. The quantitative estimate of drug-likeness (QED) is 0.721. The van der Waals surface area contributed by atoms with Crippen molar-refractivity contribution >= 4 is 5.69 Å². The number of benzene rings is 1. The lowest BCUT2D eigenvalue weighted by Gasteiger charge is -2.37. The van der Waals surface area contributed by atoms with E-state index in [1.54, 1.807) is 12.1 Å². The molecule has 1 heterocycles. The molecule has 1 aromatic rings. The molecule has 1 aliphatic heterocycles. The minimum atomic E-state index is -0.188. The number of anilines is 1. The lowest BCUT2D eigenvalue weighted by molar-refractivity contribution is 0.0502. The van der Waals surface area contributed by atoms with Gasteiger partial charge in [-0.15, -0.1) is 0 Å². The highest BCUT2D eigenvalue weighted by Gasteiger charge is 2.31. The maximum Gasteiger partial charge on any atom is 0.117 e. The zero-order valence-electron chi connectivity index (χ0n) is 9.28. The fraction of sp³-hybridized carbons (Fsp3) is 0.500. The summed E-state index contributed by atoms with van der Waals surface area (Å²) in [6.45, 7) is 1.96. The molecule has 1 aromatic carbocycles. The molecule has 0 amide bonds. The summed E-state index contributed by atoms with van der Waals surface area (Å²) in [7, 11) is 0. The molecule has 4 heteroatoms. The van der Waals surface area contributed by atoms with E-state index in [9.17, 15) is 5.11 Å². The topological polar surface area (TPSA) is 67.5 Å². The Bertz CT molecular complexity index is 349. The van der Waals surface area contributed by atoms with Crippen LogP contribution in [0.25, 0.3) is 0 Å². The Labute approximate surface area is 95.4 Å². The molecule has 0 bridgehead atoms. The van der Waals surface area contributed by atoms with Gasteiger partial charge in [-0.3, -0.25) is 0 Å². The standard InChI is InChI=1S/C12H18N2O2/c13-8-12(5-2-6-16-9-12)14-10-3-1-4-11(15)7-10/h1,3-4,7,14-15H,2,5-6,8-9,13H2. The van der Waals surface area contributed by atoms with Crippen molar-refractivity contribution in [3.05, 3.63) is 24.3 Å². The Morgan fingerprint density at radius 1 is 1.50 bits per heavy atom. The van der Waals surface area contributed by atoms with E-state index >= 15 is 0 Å². The van der Waals surface area contributed by atoms with Crippen LogP contribution in [0.4, 0.5) is 5.69 Å². The average molecular weight is 222 g/mol. The van der Waals surface area contributed by atoms with Crippen molar-refractivity contribution in [2.24, 2.45) is 5.73 Å². The highest BCUT2D eigenvalue weighted by atomic mass is 16.5. The predicted octanol–water partition coefficient (Wildman–Crippen LogP) is 1.31. The second-order valence-electron chi connectivity index (χ2n) is 4.32. The first-order valence-corrected chi connectivity index (χ1v) is 5.59. The maximum absolute atomic E-state index is 9.40. The SMILES string of the molecule is NCC1(Nc2cccc(O)c2)CCCOC1. The summed E-state index contributed by atoms with van der Waals surface area (Å²) in [4.78, 5) is 0. The number of nitrogens with two attached hydrogens (primary N) is 1. The summed E-state index contributed by atoms with van der Waals surface area (Å²) in [6.07, 6.45) is 2.02. The highest BCUT2D eigenvalue weighted by Crippen LogP contribution is 2.25. The van der Waals surface area contributed by atoms with Crippen molar-refractivity contribution in [2.45, 2.75) is 18.4 Å². The van der Waals surface area contributed by atoms with Crippen LogP contribution in [0.15, 0.2) is 24.3 Å². The summed E-state index contributed by atoms with van der Waals surface area (Å²) in [6, 6.07) is 7.08. The number of rotatable bonds is 3. The summed E-state index contributed by atoms with van der Waals surface area (Å²) in [5, 5.41) is 12.8. The van der Waals surface area contributed by atoms with Gasteiger partial charge in [0, 0.05) is 24.9 Å². The van der Waals surface area contributed by atoms with Gasteiger partial charge in [-0.2, -0.15) is 0 Å². The van der Waals surface area contributed by atoms with Crippen LogP contribution in [0.5, 0.6) is 5.75 Å². The third-order valence-electron chi connectivity index (χ3n) is 2.97. The van der Waals surface area contributed by atoms with E-state index in [1.165, 1.54) is 0 Å². The molecular weight excluding hydrogens is 204 g/mol. The van der Waals surface area contributed by atoms with Crippen LogP contribution < -0.4 is 11.1 Å². The first-order valence-electron chi connectivity index (χ1n) is 5.59. The number of phenols is 1. The molecule has 1 fully saturated rings. The molecule has 0 aliphatic carbocycles. The van der Waals surface area contributed by atoms with E-state index in [-0.39, 0.29) is 11.3 Å². The van der Waals surface area contributed by atoms with Crippen LogP contribution in [-0.2, 0) is 4.74 Å². The molecule has 16 heavy (non-hydrogen) atoms. The second-order valence-corrected chi connectivity index (χ2v) is 4.32. The van der Waals surface area contributed by atoms with E-state index in [2.05, 4.69) is 5.32 Å². The first-order chi connectivity index (χ1) is 7.74. The van der Waals surface area contributed by atoms with Crippen LogP contribution in [0.3, 0.4) is 0 Å². The lowest BCUT2D eigenvalue weighted by atomic mass is 9.92. The van der Waals surface area contributed by atoms with Crippen molar-refractivity contribution in [3.63, 3.8) is 0 Å². The molecule has 0 aromatic heterocycles. The first kappa shape index (κ1) is 11.2. The van der Waals surface area contributed by atoms with Crippen molar-refractivity contribution in [1.29, 1.82) is 0 Å². The average Bonchev–Trinajstić information content (AvgIpc) is 2.30. The Hall–Kier alpha value is -1.26. The number of hydrogen-bond donors (Lipinski definition) is 3. The van der Waals surface area contributed by atoms with Gasteiger partial charge >= 0.3 is 0 Å². The molecule has 1 unspecified atom stereocenters.